The molecule has 1 heterocycles. The van der Waals surface area contributed by atoms with Crippen LogP contribution in [0.2, 0.25) is 0 Å². The summed E-state index contributed by atoms with van der Waals surface area (Å²) >= 11 is 1.56. The van der Waals surface area contributed by atoms with Gasteiger partial charge >= 0.3 is 0 Å². The second-order valence-corrected chi connectivity index (χ2v) is 6.88. The molecule has 0 aliphatic heterocycles. The van der Waals surface area contributed by atoms with Crippen LogP contribution in [0.5, 0.6) is 17.2 Å². The fourth-order valence-electron chi connectivity index (χ4n) is 2.80. The van der Waals surface area contributed by atoms with E-state index in [1.807, 2.05) is 12.3 Å². The van der Waals surface area contributed by atoms with Crippen molar-refractivity contribution in [3.05, 3.63) is 33.6 Å². The topological polar surface area (TPSA) is 90.3 Å². The second kappa shape index (κ2) is 7.09. The van der Waals surface area contributed by atoms with Crippen LogP contribution in [-0.4, -0.2) is 32.3 Å². The molecular formula is C17H21N3O3S. The molecule has 2 aromatic rings. The molecule has 0 saturated heterocycles. The fourth-order valence-corrected chi connectivity index (χ4v) is 3.68. The monoisotopic (exact) mass is 347 g/mol. The molecule has 1 aliphatic carbocycles. The molecule has 0 spiro atoms. The van der Waals surface area contributed by atoms with Gasteiger partial charge in [-0.15, -0.1) is 11.3 Å². The highest BCUT2D eigenvalue weighted by Gasteiger charge is 2.12. The van der Waals surface area contributed by atoms with Gasteiger partial charge in [-0.25, -0.2) is 4.68 Å². The molecule has 128 valence electrons. The summed E-state index contributed by atoms with van der Waals surface area (Å²) in [6, 6.07) is 3.05. The summed E-state index contributed by atoms with van der Waals surface area (Å²) in [6.45, 7) is 1.96. The molecule has 3 N–H and O–H groups in total. The Morgan fingerprint density at radius 1 is 1.12 bits per heavy atom. The first-order chi connectivity index (χ1) is 11.5. The summed E-state index contributed by atoms with van der Waals surface area (Å²) in [4.78, 5) is 5.68. The van der Waals surface area contributed by atoms with E-state index in [2.05, 4.69) is 5.10 Å². The zero-order valence-corrected chi connectivity index (χ0v) is 14.3. The smallest absolute Gasteiger partial charge is 0.206 e. The van der Waals surface area contributed by atoms with Gasteiger partial charge in [0.15, 0.2) is 17.2 Å². The van der Waals surface area contributed by atoms with Crippen LogP contribution < -0.4 is 4.80 Å². The van der Waals surface area contributed by atoms with Crippen molar-refractivity contribution in [3.8, 4) is 17.2 Å². The number of nitrogens with zero attached hydrogens (tertiary/aromatic N) is 3. The number of thiazole rings is 1. The SMILES string of the molecule is Cc1csc(=NC2CCCCC2)n1/N=C/c1cc(O)c(O)c(O)c1. The van der Waals surface area contributed by atoms with Crippen molar-refractivity contribution in [1.29, 1.82) is 0 Å². The summed E-state index contributed by atoms with van der Waals surface area (Å²) in [5.41, 5.74) is 1.46. The van der Waals surface area contributed by atoms with Gasteiger partial charge in [-0.05, 0) is 31.9 Å². The van der Waals surface area contributed by atoms with Gasteiger partial charge in [0.05, 0.1) is 18.0 Å². The van der Waals surface area contributed by atoms with Crippen molar-refractivity contribution >= 4 is 17.6 Å². The highest BCUT2D eigenvalue weighted by Crippen LogP contribution is 2.34. The van der Waals surface area contributed by atoms with Crippen LogP contribution in [0, 0.1) is 6.92 Å². The predicted octanol–water partition coefficient (Wildman–Crippen LogP) is 3.09. The average molecular weight is 347 g/mol. The Labute approximate surface area is 144 Å². The first kappa shape index (κ1) is 16.6. The Balaban J connectivity index is 1.90. The van der Waals surface area contributed by atoms with E-state index in [1.54, 1.807) is 16.0 Å². The second-order valence-electron chi connectivity index (χ2n) is 6.04. The van der Waals surface area contributed by atoms with E-state index in [0.29, 0.717) is 11.6 Å². The van der Waals surface area contributed by atoms with Crippen molar-refractivity contribution in [2.45, 2.75) is 45.1 Å². The fraction of sp³-hybridized carbons (Fsp3) is 0.412. The maximum absolute atomic E-state index is 9.57. The molecule has 3 rings (SSSR count). The first-order valence-electron chi connectivity index (χ1n) is 8.05. The van der Waals surface area contributed by atoms with E-state index in [0.717, 1.165) is 23.3 Å². The van der Waals surface area contributed by atoms with Crippen LogP contribution in [-0.2, 0) is 0 Å². The van der Waals surface area contributed by atoms with Gasteiger partial charge in [0.1, 0.15) is 0 Å². The highest BCUT2D eigenvalue weighted by molar-refractivity contribution is 7.07. The van der Waals surface area contributed by atoms with Crippen LogP contribution in [0.15, 0.2) is 27.6 Å². The van der Waals surface area contributed by atoms with Gasteiger partial charge in [0.25, 0.3) is 0 Å². The third-order valence-corrected chi connectivity index (χ3v) is 5.08. The summed E-state index contributed by atoms with van der Waals surface area (Å²) in [5, 5.41) is 35.0. The van der Waals surface area contributed by atoms with Gasteiger partial charge in [-0.3, -0.25) is 4.99 Å². The van der Waals surface area contributed by atoms with E-state index >= 15 is 0 Å². The number of rotatable bonds is 3. The Hall–Kier alpha value is -2.28. The lowest BCUT2D eigenvalue weighted by atomic mass is 9.96. The maximum atomic E-state index is 9.57. The molecule has 7 heteroatoms. The predicted molar refractivity (Wildman–Crippen MR) is 93.9 cm³/mol. The highest BCUT2D eigenvalue weighted by atomic mass is 32.1. The lowest BCUT2D eigenvalue weighted by Gasteiger charge is -2.16. The normalized spacial score (nSPS) is 17.0. The molecule has 0 radical (unpaired) electrons. The largest absolute Gasteiger partial charge is 0.504 e. The molecule has 1 fully saturated rings. The zero-order valence-electron chi connectivity index (χ0n) is 13.5. The first-order valence-corrected chi connectivity index (χ1v) is 8.93. The molecule has 0 atom stereocenters. The lowest BCUT2D eigenvalue weighted by Crippen LogP contribution is -2.19. The molecule has 0 bridgehead atoms. The van der Waals surface area contributed by atoms with E-state index in [9.17, 15) is 15.3 Å². The number of aromatic hydroxyl groups is 3. The molecule has 1 aromatic carbocycles. The van der Waals surface area contributed by atoms with E-state index in [-0.39, 0.29) is 11.5 Å². The lowest BCUT2D eigenvalue weighted by molar-refractivity contribution is 0.368. The number of aromatic nitrogens is 1. The number of phenols is 3. The number of aryl methyl sites for hydroxylation is 1. The van der Waals surface area contributed by atoms with Gasteiger partial charge in [0, 0.05) is 10.9 Å². The summed E-state index contributed by atoms with van der Waals surface area (Å²) in [5.74, 6) is -1.29. The number of benzene rings is 1. The zero-order chi connectivity index (χ0) is 17.1. The third kappa shape index (κ3) is 3.62. The minimum atomic E-state index is -0.528. The summed E-state index contributed by atoms with van der Waals surface area (Å²) < 4.78 is 1.76. The van der Waals surface area contributed by atoms with Crippen LogP contribution >= 0.6 is 11.3 Å². The maximum Gasteiger partial charge on any atom is 0.206 e. The van der Waals surface area contributed by atoms with Crippen LogP contribution in [0.4, 0.5) is 0 Å². The van der Waals surface area contributed by atoms with Gasteiger partial charge < -0.3 is 15.3 Å². The molecular weight excluding hydrogens is 326 g/mol. The Bertz CT molecular complexity index is 794. The minimum absolute atomic E-state index is 0.361. The summed E-state index contributed by atoms with van der Waals surface area (Å²) in [6.07, 6.45) is 7.53. The average Bonchev–Trinajstić information content (AvgIpc) is 2.91. The van der Waals surface area contributed by atoms with Crippen molar-refractivity contribution in [1.82, 2.24) is 4.68 Å². The van der Waals surface area contributed by atoms with Crippen LogP contribution in [0.3, 0.4) is 0 Å². The Morgan fingerprint density at radius 2 is 1.79 bits per heavy atom. The van der Waals surface area contributed by atoms with Crippen LogP contribution in [0.25, 0.3) is 0 Å². The van der Waals surface area contributed by atoms with Gasteiger partial charge in [-0.1, -0.05) is 19.3 Å². The molecule has 24 heavy (non-hydrogen) atoms. The molecule has 1 aliphatic rings. The standard InChI is InChI=1S/C17H21N3O3S/c1-11-10-24-17(19-13-5-3-2-4-6-13)20(11)18-9-12-7-14(21)16(23)15(22)8-12/h7-10,13,21-23H,2-6H2,1H3/b18-9+,19-17?. The van der Waals surface area contributed by atoms with E-state index in [4.69, 9.17) is 4.99 Å². The van der Waals surface area contributed by atoms with Crippen molar-refractivity contribution in [2.75, 3.05) is 0 Å². The van der Waals surface area contributed by atoms with Crippen molar-refractivity contribution < 1.29 is 15.3 Å². The molecule has 0 amide bonds. The molecule has 1 saturated carbocycles. The van der Waals surface area contributed by atoms with Gasteiger partial charge in [0.2, 0.25) is 4.80 Å². The molecule has 0 unspecified atom stereocenters. The third-order valence-electron chi connectivity index (χ3n) is 4.13. The summed E-state index contributed by atoms with van der Waals surface area (Å²) in [7, 11) is 0. The van der Waals surface area contributed by atoms with Crippen molar-refractivity contribution in [2.24, 2.45) is 10.1 Å². The number of hydrogen-bond donors (Lipinski definition) is 3. The van der Waals surface area contributed by atoms with Crippen molar-refractivity contribution in [3.63, 3.8) is 0 Å². The van der Waals surface area contributed by atoms with Crippen LogP contribution in [0.1, 0.15) is 43.4 Å². The molecule has 1 aromatic heterocycles. The number of phenolic OH excluding ortho intramolecular Hbond substituents is 3. The Kier molecular flexibility index (Phi) is 4.89. The van der Waals surface area contributed by atoms with E-state index in [1.165, 1.54) is 37.6 Å². The number of hydrogen-bond acceptors (Lipinski definition) is 6. The van der Waals surface area contributed by atoms with E-state index < -0.39 is 5.75 Å². The van der Waals surface area contributed by atoms with Gasteiger partial charge in [-0.2, -0.15) is 5.10 Å². The quantitative estimate of drug-likeness (QED) is 0.589. The Morgan fingerprint density at radius 3 is 2.46 bits per heavy atom. The minimum Gasteiger partial charge on any atom is -0.504 e. The molecule has 6 nitrogen and oxygen atoms in total.